The fourth-order valence-corrected chi connectivity index (χ4v) is 4.93. The van der Waals surface area contributed by atoms with E-state index in [2.05, 4.69) is 17.6 Å². The van der Waals surface area contributed by atoms with Gasteiger partial charge in [-0.05, 0) is 63.6 Å². The maximum atomic E-state index is 12.3. The normalized spacial score (nSPS) is 12.1. The molecular formula is C26H30ClN2O4S+. The molecule has 0 amide bonds. The van der Waals surface area contributed by atoms with Crippen LogP contribution in [0.3, 0.4) is 0 Å². The molecule has 0 N–H and O–H groups in total. The van der Waals surface area contributed by atoms with Crippen LogP contribution in [0.4, 0.5) is 5.69 Å². The van der Waals surface area contributed by atoms with Crippen LogP contribution >= 0.6 is 22.9 Å². The van der Waals surface area contributed by atoms with E-state index in [1.807, 2.05) is 48.5 Å². The first-order chi connectivity index (χ1) is 16.4. The molecule has 180 valence electrons. The molecule has 6 nitrogen and oxygen atoms in total. The number of nitrogens with zero attached hydrogens (tertiary/aromatic N) is 2. The molecule has 0 radical (unpaired) electrons. The predicted octanol–water partition coefficient (Wildman–Crippen LogP) is 5.35. The lowest BCUT2D eigenvalue weighted by Gasteiger charge is -2.29. The zero-order valence-corrected chi connectivity index (χ0v) is 21.5. The van der Waals surface area contributed by atoms with Crippen LogP contribution in [0.25, 0.3) is 22.4 Å². The van der Waals surface area contributed by atoms with Gasteiger partial charge in [-0.1, -0.05) is 35.1 Å². The van der Waals surface area contributed by atoms with Crippen molar-refractivity contribution in [1.82, 2.24) is 0 Å². The standard InChI is InChI=1S/C26H30ClN2O4S/c1-5-28-22-16-20(27)11-14-23(22)34-24(28)15-10-19-8-12-21(13-9-19)29(17-25(30)32-6-2)18(4)26(31)33-7-3/h8-16,18H,5-7,17H2,1-4H3/q+1. The molecule has 3 rings (SSSR count). The Labute approximate surface area is 209 Å². The molecule has 2 aromatic carbocycles. The average molecular weight is 502 g/mol. The van der Waals surface area contributed by atoms with Crippen LogP contribution in [0.15, 0.2) is 42.5 Å². The van der Waals surface area contributed by atoms with Crippen molar-refractivity contribution in [2.45, 2.75) is 40.3 Å². The number of rotatable bonds is 10. The van der Waals surface area contributed by atoms with Crippen LogP contribution in [0.5, 0.6) is 0 Å². The van der Waals surface area contributed by atoms with Gasteiger partial charge in [0.05, 0.1) is 13.2 Å². The lowest BCUT2D eigenvalue weighted by Crippen LogP contribution is -2.43. The Morgan fingerprint density at radius 2 is 1.76 bits per heavy atom. The zero-order valence-electron chi connectivity index (χ0n) is 19.9. The molecule has 0 bridgehead atoms. The number of thiazole rings is 1. The van der Waals surface area contributed by atoms with Gasteiger partial charge in [-0.25, -0.2) is 4.79 Å². The second kappa shape index (κ2) is 12.0. The van der Waals surface area contributed by atoms with Crippen molar-refractivity contribution in [3.63, 3.8) is 0 Å². The molecule has 0 aliphatic heterocycles. The Balaban J connectivity index is 1.84. The quantitative estimate of drug-likeness (QED) is 0.277. The summed E-state index contributed by atoms with van der Waals surface area (Å²) in [6, 6.07) is 13.0. The number of benzene rings is 2. The van der Waals surface area contributed by atoms with Gasteiger partial charge < -0.3 is 14.4 Å². The predicted molar refractivity (Wildman–Crippen MR) is 138 cm³/mol. The van der Waals surface area contributed by atoms with E-state index in [0.717, 1.165) is 33.3 Å². The zero-order chi connectivity index (χ0) is 24.7. The monoisotopic (exact) mass is 501 g/mol. The fourth-order valence-electron chi connectivity index (χ4n) is 3.66. The molecule has 0 fully saturated rings. The number of fused-ring (bicyclic) bond motifs is 1. The van der Waals surface area contributed by atoms with E-state index in [4.69, 9.17) is 21.1 Å². The summed E-state index contributed by atoms with van der Waals surface area (Å²) in [4.78, 5) is 26.2. The molecular weight excluding hydrogens is 472 g/mol. The SMILES string of the molecule is CCOC(=O)CN(c1ccc(C=Cc2sc3ccc(Cl)cc3[n+]2CC)cc1)C(C)C(=O)OCC. The first-order valence-corrected chi connectivity index (χ1v) is 12.6. The summed E-state index contributed by atoms with van der Waals surface area (Å²) >= 11 is 7.90. The number of carbonyl (C=O) groups excluding carboxylic acids is 2. The van der Waals surface area contributed by atoms with Crippen molar-refractivity contribution < 1.29 is 23.6 Å². The number of carbonyl (C=O) groups is 2. The first kappa shape index (κ1) is 25.7. The van der Waals surface area contributed by atoms with E-state index in [0.29, 0.717) is 0 Å². The van der Waals surface area contributed by atoms with E-state index in [1.54, 1.807) is 37.0 Å². The summed E-state index contributed by atoms with van der Waals surface area (Å²) in [5.41, 5.74) is 2.87. The average Bonchev–Trinajstić information content (AvgIpc) is 3.18. The van der Waals surface area contributed by atoms with Crippen LogP contribution in [0.2, 0.25) is 5.02 Å². The van der Waals surface area contributed by atoms with Crippen LogP contribution in [0.1, 0.15) is 38.3 Å². The van der Waals surface area contributed by atoms with Gasteiger partial charge in [-0.2, -0.15) is 4.57 Å². The molecule has 0 aliphatic rings. The second-order valence-electron chi connectivity index (χ2n) is 7.58. The van der Waals surface area contributed by atoms with Gasteiger partial charge in [0.1, 0.15) is 23.8 Å². The van der Waals surface area contributed by atoms with E-state index in [-0.39, 0.29) is 25.7 Å². The number of esters is 2. The summed E-state index contributed by atoms with van der Waals surface area (Å²) in [6.07, 6.45) is 4.14. The van der Waals surface area contributed by atoms with Crippen molar-refractivity contribution in [1.29, 1.82) is 0 Å². The van der Waals surface area contributed by atoms with Gasteiger partial charge in [0, 0.05) is 22.9 Å². The number of aryl methyl sites for hydroxylation is 1. The Hall–Kier alpha value is -2.90. The van der Waals surface area contributed by atoms with Crippen molar-refractivity contribution in [3.05, 3.63) is 58.1 Å². The van der Waals surface area contributed by atoms with Crippen LogP contribution in [-0.2, 0) is 25.6 Å². The molecule has 1 aromatic heterocycles. The number of hydrogen-bond acceptors (Lipinski definition) is 6. The van der Waals surface area contributed by atoms with Crippen LogP contribution in [0, 0.1) is 0 Å². The fraction of sp³-hybridized carbons (Fsp3) is 0.346. The third-order valence-electron chi connectivity index (χ3n) is 5.35. The minimum atomic E-state index is -0.625. The van der Waals surface area contributed by atoms with Gasteiger partial charge in [-0.3, -0.25) is 4.79 Å². The molecule has 3 aromatic rings. The van der Waals surface area contributed by atoms with Crippen LogP contribution < -0.4 is 9.47 Å². The largest absolute Gasteiger partial charge is 0.465 e. The highest BCUT2D eigenvalue weighted by Gasteiger charge is 2.25. The van der Waals surface area contributed by atoms with Crippen molar-refractivity contribution in [3.8, 4) is 0 Å². The lowest BCUT2D eigenvalue weighted by molar-refractivity contribution is -0.665. The molecule has 1 unspecified atom stereocenters. The van der Waals surface area contributed by atoms with E-state index in [9.17, 15) is 9.59 Å². The first-order valence-electron chi connectivity index (χ1n) is 11.4. The second-order valence-corrected chi connectivity index (χ2v) is 9.08. The number of hydrogen-bond donors (Lipinski definition) is 0. The number of anilines is 1. The molecule has 0 saturated carbocycles. The lowest BCUT2D eigenvalue weighted by atomic mass is 10.1. The highest BCUT2D eigenvalue weighted by molar-refractivity contribution is 7.18. The van der Waals surface area contributed by atoms with E-state index >= 15 is 0 Å². The third kappa shape index (κ3) is 6.15. The number of ether oxygens (including phenoxy) is 2. The van der Waals surface area contributed by atoms with Crippen LogP contribution in [-0.4, -0.2) is 37.7 Å². The summed E-state index contributed by atoms with van der Waals surface area (Å²) in [5, 5.41) is 1.85. The van der Waals surface area contributed by atoms with Crippen molar-refractivity contribution in [2.75, 3.05) is 24.7 Å². The molecule has 0 aliphatic carbocycles. The third-order valence-corrected chi connectivity index (χ3v) is 6.72. The van der Waals surface area contributed by atoms with Crippen molar-refractivity contribution >= 4 is 62.9 Å². The highest BCUT2D eigenvalue weighted by atomic mass is 35.5. The Bertz CT molecular complexity index is 1170. The van der Waals surface area contributed by atoms with E-state index in [1.165, 1.54) is 4.70 Å². The van der Waals surface area contributed by atoms with Gasteiger partial charge in [-0.15, -0.1) is 0 Å². The summed E-state index contributed by atoms with van der Waals surface area (Å²) < 4.78 is 13.7. The van der Waals surface area contributed by atoms with Crippen molar-refractivity contribution in [2.24, 2.45) is 0 Å². The van der Waals surface area contributed by atoms with E-state index < -0.39 is 12.0 Å². The molecule has 0 saturated heterocycles. The summed E-state index contributed by atoms with van der Waals surface area (Å²) in [5.74, 6) is -0.777. The van der Waals surface area contributed by atoms with Gasteiger partial charge in [0.15, 0.2) is 0 Å². The number of aromatic nitrogens is 1. The summed E-state index contributed by atoms with van der Waals surface area (Å²) in [7, 11) is 0. The van der Waals surface area contributed by atoms with Gasteiger partial charge >= 0.3 is 11.9 Å². The maximum Gasteiger partial charge on any atom is 0.328 e. The minimum Gasteiger partial charge on any atom is -0.465 e. The smallest absolute Gasteiger partial charge is 0.328 e. The number of halogens is 1. The molecule has 34 heavy (non-hydrogen) atoms. The van der Waals surface area contributed by atoms with Gasteiger partial charge in [0.25, 0.3) is 5.01 Å². The topological polar surface area (TPSA) is 59.7 Å². The summed E-state index contributed by atoms with van der Waals surface area (Å²) in [6.45, 7) is 8.72. The molecule has 1 heterocycles. The molecule has 0 spiro atoms. The minimum absolute atomic E-state index is 0.0378. The Kier molecular flexibility index (Phi) is 9.07. The Morgan fingerprint density at radius 3 is 2.41 bits per heavy atom. The van der Waals surface area contributed by atoms with Gasteiger partial charge in [0.2, 0.25) is 5.52 Å². The highest BCUT2D eigenvalue weighted by Crippen LogP contribution is 2.25. The Morgan fingerprint density at radius 1 is 1.06 bits per heavy atom. The molecule has 1 atom stereocenters. The molecule has 8 heteroatoms. The maximum absolute atomic E-state index is 12.3.